The molecule has 2 rings (SSSR count). The van der Waals surface area contributed by atoms with Crippen LogP contribution in [0.5, 0.6) is 0 Å². The molecular weight excluding hydrogens is 288 g/mol. The summed E-state index contributed by atoms with van der Waals surface area (Å²) in [5, 5.41) is 21.0. The number of rotatable bonds is 3. The van der Waals surface area contributed by atoms with Gasteiger partial charge in [0.05, 0.1) is 0 Å². The lowest BCUT2D eigenvalue weighted by atomic mass is 10.1. The van der Waals surface area contributed by atoms with E-state index in [1.807, 2.05) is 32.0 Å². The van der Waals surface area contributed by atoms with Gasteiger partial charge in [-0.15, -0.1) is 0 Å². The number of carbonyl (C=O) groups is 1. The van der Waals surface area contributed by atoms with Gasteiger partial charge in [-0.2, -0.15) is 10.5 Å². The van der Waals surface area contributed by atoms with Gasteiger partial charge in [-0.05, 0) is 43.7 Å². The molecule has 114 valence electrons. The predicted octanol–water partition coefficient (Wildman–Crippen LogP) is 3.06. The van der Waals surface area contributed by atoms with E-state index in [1.165, 1.54) is 6.08 Å². The first-order chi connectivity index (χ1) is 11.0. The Bertz CT molecular complexity index is 858. The summed E-state index contributed by atoms with van der Waals surface area (Å²) >= 11 is 0. The van der Waals surface area contributed by atoms with Crippen LogP contribution in [0.2, 0.25) is 0 Å². The number of nitrogens with one attached hydrogen (secondary N) is 1. The van der Waals surface area contributed by atoms with Gasteiger partial charge in [-0.25, -0.2) is 0 Å². The standard InChI is InChI=1S/C18H16N4O/c1-12-4-6-16(7-5-12)21-18(23)15(10-19)8-14-9-17(11-20)22(3)13(14)2/h4-9H,1-3H3,(H,21,23)/b15-8+. The molecule has 1 N–H and O–H groups in total. The van der Waals surface area contributed by atoms with Gasteiger partial charge in [0.25, 0.3) is 5.91 Å². The lowest BCUT2D eigenvalue weighted by molar-refractivity contribution is -0.112. The third-order valence-electron chi connectivity index (χ3n) is 3.66. The van der Waals surface area contributed by atoms with Crippen LogP contribution in [0.3, 0.4) is 0 Å². The Labute approximate surface area is 135 Å². The quantitative estimate of drug-likeness (QED) is 0.699. The van der Waals surface area contributed by atoms with Crippen molar-refractivity contribution >= 4 is 17.7 Å². The van der Waals surface area contributed by atoms with Crippen molar-refractivity contribution in [3.05, 3.63) is 58.4 Å². The maximum Gasteiger partial charge on any atom is 0.266 e. The van der Waals surface area contributed by atoms with Crippen molar-refractivity contribution in [1.29, 1.82) is 10.5 Å². The number of carbonyl (C=O) groups excluding carboxylic acids is 1. The average Bonchev–Trinajstić information content (AvgIpc) is 2.82. The minimum absolute atomic E-state index is 0.0104. The van der Waals surface area contributed by atoms with Gasteiger partial charge in [0.1, 0.15) is 23.4 Å². The Morgan fingerprint density at radius 1 is 1.22 bits per heavy atom. The van der Waals surface area contributed by atoms with Crippen LogP contribution in [0.15, 0.2) is 35.9 Å². The summed E-state index contributed by atoms with van der Waals surface area (Å²) in [6, 6.07) is 13.0. The highest BCUT2D eigenvalue weighted by Crippen LogP contribution is 2.18. The fourth-order valence-corrected chi connectivity index (χ4v) is 2.12. The van der Waals surface area contributed by atoms with E-state index in [1.54, 1.807) is 29.8 Å². The second-order valence-corrected chi connectivity index (χ2v) is 5.23. The van der Waals surface area contributed by atoms with Crippen molar-refractivity contribution in [1.82, 2.24) is 4.57 Å². The van der Waals surface area contributed by atoms with Gasteiger partial charge in [0.2, 0.25) is 0 Å². The Hall–Kier alpha value is -3.31. The molecule has 23 heavy (non-hydrogen) atoms. The smallest absolute Gasteiger partial charge is 0.266 e. The monoisotopic (exact) mass is 304 g/mol. The molecule has 0 unspecified atom stereocenters. The summed E-state index contributed by atoms with van der Waals surface area (Å²) in [4.78, 5) is 12.2. The highest BCUT2D eigenvalue weighted by Gasteiger charge is 2.13. The maximum absolute atomic E-state index is 12.2. The van der Waals surface area contributed by atoms with Crippen LogP contribution in [0.1, 0.15) is 22.5 Å². The number of nitriles is 2. The molecule has 1 aromatic heterocycles. The van der Waals surface area contributed by atoms with Crippen molar-refractivity contribution in [2.24, 2.45) is 7.05 Å². The molecule has 0 bridgehead atoms. The van der Waals surface area contributed by atoms with Gasteiger partial charge in [-0.1, -0.05) is 17.7 Å². The number of benzene rings is 1. The van der Waals surface area contributed by atoms with Crippen molar-refractivity contribution in [2.45, 2.75) is 13.8 Å². The molecule has 2 aromatic rings. The van der Waals surface area contributed by atoms with E-state index in [0.29, 0.717) is 16.9 Å². The SMILES string of the molecule is Cc1ccc(NC(=O)/C(C#N)=C/c2cc(C#N)n(C)c2C)cc1. The lowest BCUT2D eigenvalue weighted by Gasteiger charge is -2.04. The normalized spacial score (nSPS) is 10.7. The van der Waals surface area contributed by atoms with E-state index in [2.05, 4.69) is 11.4 Å². The van der Waals surface area contributed by atoms with Gasteiger partial charge in [0.15, 0.2) is 0 Å². The molecule has 0 spiro atoms. The minimum atomic E-state index is -0.474. The number of nitrogens with zero attached hydrogens (tertiary/aromatic N) is 3. The summed E-state index contributed by atoms with van der Waals surface area (Å²) in [5.74, 6) is -0.474. The Balaban J connectivity index is 2.29. The zero-order chi connectivity index (χ0) is 17.0. The zero-order valence-electron chi connectivity index (χ0n) is 13.2. The lowest BCUT2D eigenvalue weighted by Crippen LogP contribution is -2.13. The van der Waals surface area contributed by atoms with Crippen LogP contribution < -0.4 is 5.32 Å². The van der Waals surface area contributed by atoms with Crippen LogP contribution in [0, 0.1) is 36.5 Å². The highest BCUT2D eigenvalue weighted by molar-refractivity contribution is 6.09. The van der Waals surface area contributed by atoms with Crippen molar-refractivity contribution in [2.75, 3.05) is 5.32 Å². The third-order valence-corrected chi connectivity index (χ3v) is 3.66. The number of amides is 1. The molecule has 0 aliphatic rings. The molecule has 0 aliphatic carbocycles. The van der Waals surface area contributed by atoms with E-state index in [9.17, 15) is 10.1 Å². The first-order valence-electron chi connectivity index (χ1n) is 7.02. The summed E-state index contributed by atoms with van der Waals surface area (Å²) in [5.41, 5.74) is 3.68. The zero-order valence-corrected chi connectivity index (χ0v) is 13.2. The van der Waals surface area contributed by atoms with Crippen LogP contribution in [-0.4, -0.2) is 10.5 Å². The van der Waals surface area contributed by atoms with Crippen LogP contribution in [-0.2, 0) is 11.8 Å². The molecule has 1 heterocycles. The first-order valence-corrected chi connectivity index (χ1v) is 7.02. The minimum Gasteiger partial charge on any atom is -0.339 e. The largest absolute Gasteiger partial charge is 0.339 e. The van der Waals surface area contributed by atoms with E-state index >= 15 is 0 Å². The van der Waals surface area contributed by atoms with E-state index in [4.69, 9.17) is 5.26 Å². The first kappa shape index (κ1) is 16.1. The number of hydrogen-bond donors (Lipinski definition) is 1. The molecule has 0 saturated heterocycles. The van der Waals surface area contributed by atoms with Crippen molar-refractivity contribution < 1.29 is 4.79 Å². The van der Waals surface area contributed by atoms with Crippen LogP contribution in [0.4, 0.5) is 5.69 Å². The van der Waals surface area contributed by atoms with E-state index in [-0.39, 0.29) is 5.57 Å². The fraction of sp³-hybridized carbons (Fsp3) is 0.167. The second-order valence-electron chi connectivity index (χ2n) is 5.23. The molecule has 0 radical (unpaired) electrons. The van der Waals surface area contributed by atoms with Gasteiger partial charge in [0, 0.05) is 18.4 Å². The molecule has 0 saturated carbocycles. The Morgan fingerprint density at radius 2 is 1.87 bits per heavy atom. The average molecular weight is 304 g/mol. The molecule has 1 amide bonds. The van der Waals surface area contributed by atoms with Gasteiger partial charge < -0.3 is 9.88 Å². The number of aromatic nitrogens is 1. The maximum atomic E-state index is 12.2. The van der Waals surface area contributed by atoms with E-state index in [0.717, 1.165) is 11.3 Å². The van der Waals surface area contributed by atoms with E-state index < -0.39 is 5.91 Å². The second kappa shape index (κ2) is 6.64. The molecule has 5 heteroatoms. The Morgan fingerprint density at radius 3 is 2.39 bits per heavy atom. The molecule has 0 atom stereocenters. The Kier molecular flexibility index (Phi) is 4.64. The topological polar surface area (TPSA) is 81.6 Å². The number of anilines is 1. The summed E-state index contributed by atoms with van der Waals surface area (Å²) in [6.07, 6.45) is 1.50. The summed E-state index contributed by atoms with van der Waals surface area (Å²) < 4.78 is 1.72. The van der Waals surface area contributed by atoms with Gasteiger partial charge >= 0.3 is 0 Å². The van der Waals surface area contributed by atoms with Gasteiger partial charge in [-0.3, -0.25) is 4.79 Å². The highest BCUT2D eigenvalue weighted by atomic mass is 16.1. The molecule has 0 aliphatic heterocycles. The summed E-state index contributed by atoms with van der Waals surface area (Å²) in [6.45, 7) is 3.79. The molecule has 0 fully saturated rings. The molecule has 5 nitrogen and oxygen atoms in total. The summed E-state index contributed by atoms with van der Waals surface area (Å²) in [7, 11) is 1.77. The van der Waals surface area contributed by atoms with Crippen LogP contribution in [0.25, 0.3) is 6.08 Å². The fourth-order valence-electron chi connectivity index (χ4n) is 2.12. The predicted molar refractivity (Wildman–Crippen MR) is 88.3 cm³/mol. The molecule has 1 aromatic carbocycles. The molecular formula is C18H16N4O. The number of aryl methyl sites for hydroxylation is 1. The van der Waals surface area contributed by atoms with Crippen molar-refractivity contribution in [3.8, 4) is 12.1 Å². The van der Waals surface area contributed by atoms with Crippen LogP contribution >= 0.6 is 0 Å². The van der Waals surface area contributed by atoms with Crippen molar-refractivity contribution in [3.63, 3.8) is 0 Å². The number of hydrogen-bond acceptors (Lipinski definition) is 3. The third kappa shape index (κ3) is 3.48.